The number of esters is 1. The average molecular weight is 528 g/mol. The van der Waals surface area contributed by atoms with Crippen LogP contribution in [-0.4, -0.2) is 42.8 Å². The van der Waals surface area contributed by atoms with E-state index in [0.29, 0.717) is 33.9 Å². The van der Waals surface area contributed by atoms with Crippen LogP contribution in [0, 0.1) is 0 Å². The molecule has 3 aromatic carbocycles. The summed E-state index contributed by atoms with van der Waals surface area (Å²) < 4.78 is 29.8. The molecule has 0 saturated heterocycles. The maximum atomic E-state index is 13.5. The van der Waals surface area contributed by atoms with E-state index in [1.165, 1.54) is 14.2 Å². The fourth-order valence-corrected chi connectivity index (χ4v) is 5.29. The second kappa shape index (κ2) is 9.13. The van der Waals surface area contributed by atoms with E-state index in [0.717, 1.165) is 16.5 Å². The van der Waals surface area contributed by atoms with E-state index in [4.69, 9.17) is 23.7 Å². The number of ketones is 1. The first-order valence-electron chi connectivity index (χ1n) is 12.2. The van der Waals surface area contributed by atoms with Crippen LogP contribution in [0.1, 0.15) is 39.4 Å². The van der Waals surface area contributed by atoms with Gasteiger partial charge in [0.1, 0.15) is 17.2 Å². The maximum absolute atomic E-state index is 13.5. The highest BCUT2D eigenvalue weighted by Crippen LogP contribution is 2.51. The normalized spacial score (nSPS) is 17.0. The van der Waals surface area contributed by atoms with Gasteiger partial charge in [-0.25, -0.2) is 0 Å². The molecule has 198 valence electrons. The summed E-state index contributed by atoms with van der Waals surface area (Å²) in [5, 5.41) is 11.3. The van der Waals surface area contributed by atoms with Gasteiger partial charge < -0.3 is 33.4 Å². The number of fused-ring (bicyclic) bond motifs is 4. The summed E-state index contributed by atoms with van der Waals surface area (Å²) in [7, 11) is 6.40. The van der Waals surface area contributed by atoms with Gasteiger partial charge in [0.15, 0.2) is 17.3 Å². The van der Waals surface area contributed by atoms with Crippen LogP contribution in [-0.2, 0) is 11.8 Å². The number of aromatic nitrogens is 1. The van der Waals surface area contributed by atoms with Crippen molar-refractivity contribution < 1.29 is 38.4 Å². The molecule has 3 heterocycles. The number of hydrogen-bond donors (Lipinski definition) is 1. The van der Waals surface area contributed by atoms with Crippen molar-refractivity contribution in [2.45, 2.75) is 12.3 Å². The summed E-state index contributed by atoms with van der Waals surface area (Å²) in [6.45, 7) is 0. The molecule has 4 aromatic rings. The first-order chi connectivity index (χ1) is 18.8. The van der Waals surface area contributed by atoms with Crippen molar-refractivity contribution in [3.05, 3.63) is 76.7 Å². The second-order valence-corrected chi connectivity index (χ2v) is 9.38. The van der Waals surface area contributed by atoms with Crippen LogP contribution in [0.3, 0.4) is 0 Å². The van der Waals surface area contributed by atoms with Crippen molar-refractivity contribution in [3.8, 4) is 34.5 Å². The summed E-state index contributed by atoms with van der Waals surface area (Å²) in [6, 6.07) is 12.3. The van der Waals surface area contributed by atoms with E-state index in [2.05, 4.69) is 0 Å². The van der Waals surface area contributed by atoms with E-state index in [1.807, 2.05) is 36.0 Å². The quantitative estimate of drug-likeness (QED) is 0.220. The third kappa shape index (κ3) is 3.85. The van der Waals surface area contributed by atoms with Gasteiger partial charge in [0, 0.05) is 41.2 Å². The number of nitrogens with zero attached hydrogens (tertiary/aromatic N) is 1. The van der Waals surface area contributed by atoms with E-state index < -0.39 is 11.9 Å². The molecular formula is C30H25NO8. The molecule has 9 heteroatoms. The molecule has 0 radical (unpaired) electrons. The maximum Gasteiger partial charge on any atom is 0.312 e. The van der Waals surface area contributed by atoms with Crippen molar-refractivity contribution >= 4 is 28.7 Å². The Kier molecular flexibility index (Phi) is 5.71. The Morgan fingerprint density at radius 3 is 2.41 bits per heavy atom. The van der Waals surface area contributed by atoms with Crippen LogP contribution in [0.4, 0.5) is 0 Å². The molecule has 39 heavy (non-hydrogen) atoms. The van der Waals surface area contributed by atoms with E-state index in [9.17, 15) is 14.7 Å². The molecule has 0 aliphatic carbocycles. The molecule has 6 rings (SSSR count). The minimum atomic E-state index is -0.534. The summed E-state index contributed by atoms with van der Waals surface area (Å²) in [4.78, 5) is 26.1. The van der Waals surface area contributed by atoms with Gasteiger partial charge in [-0.3, -0.25) is 9.59 Å². The Balaban J connectivity index is 1.47. The van der Waals surface area contributed by atoms with Gasteiger partial charge in [0.2, 0.25) is 11.5 Å². The predicted molar refractivity (Wildman–Crippen MR) is 142 cm³/mol. The highest BCUT2D eigenvalue weighted by atomic mass is 16.5. The van der Waals surface area contributed by atoms with Crippen molar-refractivity contribution in [1.82, 2.24) is 4.57 Å². The number of aromatic hydroxyl groups is 1. The van der Waals surface area contributed by atoms with Gasteiger partial charge in [-0.2, -0.15) is 0 Å². The monoisotopic (exact) mass is 527 g/mol. The number of rotatable bonds is 5. The lowest BCUT2D eigenvalue weighted by Crippen LogP contribution is -2.21. The molecule has 1 aromatic heterocycles. The zero-order chi connectivity index (χ0) is 27.4. The molecule has 0 unspecified atom stereocenters. The first-order valence-corrected chi connectivity index (χ1v) is 12.2. The molecule has 0 saturated carbocycles. The Morgan fingerprint density at radius 2 is 1.72 bits per heavy atom. The minimum absolute atomic E-state index is 0.000251. The van der Waals surface area contributed by atoms with Crippen LogP contribution in [0.15, 0.2) is 54.4 Å². The van der Waals surface area contributed by atoms with Crippen LogP contribution in [0.25, 0.3) is 17.0 Å². The lowest BCUT2D eigenvalue weighted by molar-refractivity contribution is -0.135. The van der Waals surface area contributed by atoms with Crippen molar-refractivity contribution in [1.29, 1.82) is 0 Å². The Morgan fingerprint density at radius 1 is 0.974 bits per heavy atom. The number of Topliss-reactive ketones (excluding diaryl/α,β-unsaturated/α-hetero) is 1. The summed E-state index contributed by atoms with van der Waals surface area (Å²) >= 11 is 0. The van der Waals surface area contributed by atoms with Crippen LogP contribution in [0.2, 0.25) is 0 Å². The lowest BCUT2D eigenvalue weighted by atomic mass is 9.84. The molecule has 9 nitrogen and oxygen atoms in total. The number of carbonyl (C=O) groups is 2. The van der Waals surface area contributed by atoms with Crippen molar-refractivity contribution in [3.63, 3.8) is 0 Å². The number of allylic oxidation sites excluding steroid dienone is 1. The number of hydrogen-bond acceptors (Lipinski definition) is 8. The molecule has 0 bridgehead atoms. The van der Waals surface area contributed by atoms with Crippen molar-refractivity contribution in [2.75, 3.05) is 21.3 Å². The highest BCUT2D eigenvalue weighted by Gasteiger charge is 2.39. The van der Waals surface area contributed by atoms with E-state index in [-0.39, 0.29) is 35.2 Å². The molecule has 1 atom stereocenters. The van der Waals surface area contributed by atoms with E-state index >= 15 is 0 Å². The van der Waals surface area contributed by atoms with Crippen molar-refractivity contribution in [2.24, 2.45) is 7.05 Å². The average Bonchev–Trinajstić information content (AvgIpc) is 3.43. The van der Waals surface area contributed by atoms with Gasteiger partial charge in [-0.15, -0.1) is 0 Å². The zero-order valence-electron chi connectivity index (χ0n) is 21.7. The number of methoxy groups -OCH3 is 3. The van der Waals surface area contributed by atoms with E-state index in [1.54, 1.807) is 37.5 Å². The SMILES string of the molecule is COc1ccc2c(c1)c(/C=C1\Oc3c(ccc4c3[C@@H](c3cc(OC)c(O)c(OC)c3)CC(=O)O4)C1=O)cn2C. The Labute approximate surface area is 223 Å². The highest BCUT2D eigenvalue weighted by molar-refractivity contribution is 6.15. The van der Waals surface area contributed by atoms with Gasteiger partial charge >= 0.3 is 5.97 Å². The smallest absolute Gasteiger partial charge is 0.312 e. The standard InChI is InChI=1S/C30H25NO8/c1-31-14-16(19-12-17(35-2)5-7-21(19)31)11-25-28(33)18-6-8-22-27(30(18)39-25)20(13-26(32)38-22)15-9-23(36-3)29(34)24(10-15)37-4/h5-12,14,20,34H,13H2,1-4H3/b25-11-/t20-/m1/s1. The van der Waals surface area contributed by atoms with Crippen LogP contribution in [0.5, 0.6) is 34.5 Å². The molecule has 0 amide bonds. The first kappa shape index (κ1) is 24.4. The molecular weight excluding hydrogens is 502 g/mol. The Hall–Kier alpha value is -4.92. The van der Waals surface area contributed by atoms with Gasteiger partial charge in [-0.1, -0.05) is 0 Å². The topological polar surface area (TPSA) is 105 Å². The number of phenols is 1. The summed E-state index contributed by atoms with van der Waals surface area (Å²) in [5.41, 5.74) is 3.36. The summed E-state index contributed by atoms with van der Waals surface area (Å²) in [6.07, 6.45) is 3.64. The van der Waals surface area contributed by atoms with Gasteiger partial charge in [0.05, 0.1) is 33.3 Å². The van der Waals surface area contributed by atoms with Gasteiger partial charge in [-0.05, 0) is 54.1 Å². The molecule has 2 aliphatic rings. The number of carbonyl (C=O) groups excluding carboxylic acids is 2. The van der Waals surface area contributed by atoms with Gasteiger partial charge in [0.25, 0.3) is 0 Å². The molecule has 1 N–H and O–H groups in total. The number of phenolic OH excluding ortho intramolecular Hbond substituents is 1. The zero-order valence-corrected chi connectivity index (χ0v) is 21.7. The second-order valence-electron chi connectivity index (χ2n) is 9.38. The molecule has 0 spiro atoms. The summed E-state index contributed by atoms with van der Waals surface area (Å²) in [5.74, 6) is 0.516. The largest absolute Gasteiger partial charge is 0.502 e. The number of aryl methyl sites for hydroxylation is 1. The lowest BCUT2D eigenvalue weighted by Gasteiger charge is -2.27. The molecule has 0 fully saturated rings. The third-order valence-corrected chi connectivity index (χ3v) is 7.20. The number of ether oxygens (including phenoxy) is 5. The molecule has 2 aliphatic heterocycles. The predicted octanol–water partition coefficient (Wildman–Crippen LogP) is 4.97. The van der Waals surface area contributed by atoms with Crippen LogP contribution >= 0.6 is 0 Å². The Bertz CT molecular complexity index is 1690. The fraction of sp³-hybridized carbons (Fsp3) is 0.200. The number of benzene rings is 3. The third-order valence-electron chi connectivity index (χ3n) is 7.20. The van der Waals surface area contributed by atoms with Crippen LogP contribution < -0.4 is 23.7 Å². The fourth-order valence-electron chi connectivity index (χ4n) is 5.29. The minimum Gasteiger partial charge on any atom is -0.502 e.